The Kier molecular flexibility index (Phi) is 5.00. The van der Waals surface area contributed by atoms with Gasteiger partial charge in [0.1, 0.15) is 11.4 Å². The summed E-state index contributed by atoms with van der Waals surface area (Å²) in [6.45, 7) is 4.53. The topological polar surface area (TPSA) is 58.4 Å². The molecule has 1 aliphatic rings. The third-order valence-electron chi connectivity index (χ3n) is 5.15. The molecule has 0 saturated carbocycles. The molecule has 2 heterocycles. The molecule has 24 heavy (non-hydrogen) atoms. The number of likely N-dealkylation sites (tertiary alicyclic amines) is 1. The summed E-state index contributed by atoms with van der Waals surface area (Å²) in [6, 6.07) is 10.5. The van der Waals surface area contributed by atoms with Crippen LogP contribution >= 0.6 is 0 Å². The van der Waals surface area contributed by atoms with Crippen molar-refractivity contribution in [2.45, 2.75) is 38.1 Å². The Labute approximate surface area is 142 Å². The number of nitrogens with zero attached hydrogens (tertiary/aromatic N) is 3. The van der Waals surface area contributed by atoms with Gasteiger partial charge in [0, 0.05) is 25.5 Å². The van der Waals surface area contributed by atoms with Crippen LogP contribution in [0.4, 0.5) is 0 Å². The average Bonchev–Trinajstić information content (AvgIpc) is 3.03. The summed E-state index contributed by atoms with van der Waals surface area (Å²) in [6.07, 6.45) is 6.92. The molecule has 128 valence electrons. The van der Waals surface area contributed by atoms with E-state index in [1.54, 1.807) is 12.4 Å². The standard InChI is InChI=1S/C19H25N3O2/c1-16-20-11-15-22(16)19(18(23)24)9-13-21(14-10-19)12-5-8-17-6-3-2-4-7-17/h2-4,6-7,11,15H,5,8-10,12-14H2,1H3,(H,23,24). The zero-order valence-corrected chi connectivity index (χ0v) is 14.2. The summed E-state index contributed by atoms with van der Waals surface area (Å²) in [5.41, 5.74) is 0.527. The summed E-state index contributed by atoms with van der Waals surface area (Å²) >= 11 is 0. The molecule has 0 spiro atoms. The number of aromatic nitrogens is 2. The van der Waals surface area contributed by atoms with Crippen LogP contribution in [-0.2, 0) is 16.8 Å². The molecule has 1 aromatic carbocycles. The molecule has 5 heteroatoms. The fourth-order valence-corrected chi connectivity index (χ4v) is 3.69. The summed E-state index contributed by atoms with van der Waals surface area (Å²) < 4.78 is 1.84. The van der Waals surface area contributed by atoms with Gasteiger partial charge in [-0.2, -0.15) is 0 Å². The second-order valence-corrected chi connectivity index (χ2v) is 6.61. The molecule has 2 aromatic rings. The van der Waals surface area contributed by atoms with Gasteiger partial charge in [0.15, 0.2) is 0 Å². The second-order valence-electron chi connectivity index (χ2n) is 6.61. The highest BCUT2D eigenvalue weighted by atomic mass is 16.4. The maximum Gasteiger partial charge on any atom is 0.330 e. The number of rotatable bonds is 6. The second kappa shape index (κ2) is 7.18. The molecule has 1 aromatic heterocycles. The summed E-state index contributed by atoms with van der Waals surface area (Å²) in [7, 11) is 0. The average molecular weight is 327 g/mol. The normalized spacial score (nSPS) is 17.7. The van der Waals surface area contributed by atoms with E-state index in [9.17, 15) is 9.90 Å². The van der Waals surface area contributed by atoms with E-state index in [2.05, 4.69) is 34.1 Å². The van der Waals surface area contributed by atoms with E-state index in [-0.39, 0.29) is 0 Å². The molecule has 1 aliphatic heterocycles. The van der Waals surface area contributed by atoms with Crippen molar-refractivity contribution >= 4 is 5.97 Å². The van der Waals surface area contributed by atoms with Gasteiger partial charge in [-0.3, -0.25) is 0 Å². The number of aliphatic carboxylic acids is 1. The molecule has 0 atom stereocenters. The summed E-state index contributed by atoms with van der Waals surface area (Å²) in [5.74, 6) is 0.0301. The first-order valence-corrected chi connectivity index (χ1v) is 8.62. The van der Waals surface area contributed by atoms with Crippen molar-refractivity contribution in [2.24, 2.45) is 0 Å². The van der Waals surface area contributed by atoms with Crippen molar-refractivity contribution in [1.29, 1.82) is 0 Å². The Morgan fingerprint density at radius 1 is 1.25 bits per heavy atom. The molecule has 1 fully saturated rings. The molecule has 0 radical (unpaired) electrons. The van der Waals surface area contributed by atoms with Crippen LogP contribution in [0, 0.1) is 6.92 Å². The SMILES string of the molecule is Cc1nccn1C1(C(=O)O)CCN(CCCc2ccccc2)CC1. The monoisotopic (exact) mass is 327 g/mol. The van der Waals surface area contributed by atoms with Gasteiger partial charge in [-0.25, -0.2) is 9.78 Å². The fraction of sp³-hybridized carbons (Fsp3) is 0.474. The first-order valence-electron chi connectivity index (χ1n) is 8.62. The maximum atomic E-state index is 12.0. The number of aryl methyl sites for hydroxylation is 2. The predicted molar refractivity (Wildman–Crippen MR) is 93.0 cm³/mol. The number of imidazole rings is 1. The van der Waals surface area contributed by atoms with Crippen molar-refractivity contribution < 1.29 is 9.90 Å². The molecule has 0 unspecified atom stereocenters. The quantitative estimate of drug-likeness (QED) is 0.886. The molecule has 0 amide bonds. The number of carboxylic acids is 1. The van der Waals surface area contributed by atoms with Crippen LogP contribution in [0.15, 0.2) is 42.7 Å². The number of carbonyl (C=O) groups is 1. The maximum absolute atomic E-state index is 12.0. The minimum atomic E-state index is -0.837. The Morgan fingerprint density at radius 2 is 1.96 bits per heavy atom. The Bertz CT molecular complexity index is 673. The fourth-order valence-electron chi connectivity index (χ4n) is 3.69. The van der Waals surface area contributed by atoms with Gasteiger partial charge in [-0.15, -0.1) is 0 Å². The van der Waals surface area contributed by atoms with Gasteiger partial charge in [-0.1, -0.05) is 30.3 Å². The van der Waals surface area contributed by atoms with E-state index in [1.165, 1.54) is 5.56 Å². The number of carboxylic acid groups (broad SMARTS) is 1. The lowest BCUT2D eigenvalue weighted by Crippen LogP contribution is -2.51. The van der Waals surface area contributed by atoms with E-state index in [1.807, 2.05) is 17.6 Å². The molecule has 1 N–H and O–H groups in total. The third-order valence-corrected chi connectivity index (χ3v) is 5.15. The minimum Gasteiger partial charge on any atom is -0.479 e. The van der Waals surface area contributed by atoms with Gasteiger partial charge in [0.2, 0.25) is 0 Å². The molecule has 3 rings (SSSR count). The summed E-state index contributed by atoms with van der Waals surface area (Å²) in [5, 5.41) is 9.83. The molecule has 5 nitrogen and oxygen atoms in total. The zero-order chi connectivity index (χ0) is 17.0. The minimum absolute atomic E-state index is 0.630. The van der Waals surface area contributed by atoms with Gasteiger partial charge < -0.3 is 14.6 Å². The highest BCUT2D eigenvalue weighted by molar-refractivity contribution is 5.77. The van der Waals surface area contributed by atoms with Crippen molar-refractivity contribution in [3.05, 3.63) is 54.1 Å². The smallest absolute Gasteiger partial charge is 0.330 e. The van der Waals surface area contributed by atoms with Crippen LogP contribution in [0.1, 0.15) is 30.7 Å². The molecular weight excluding hydrogens is 302 g/mol. The van der Waals surface area contributed by atoms with Crippen LogP contribution in [0.5, 0.6) is 0 Å². The van der Waals surface area contributed by atoms with Crippen LogP contribution in [0.3, 0.4) is 0 Å². The third kappa shape index (κ3) is 3.36. The highest BCUT2D eigenvalue weighted by Gasteiger charge is 2.43. The summed E-state index contributed by atoms with van der Waals surface area (Å²) in [4.78, 5) is 18.6. The van der Waals surface area contributed by atoms with Gasteiger partial charge >= 0.3 is 5.97 Å². The van der Waals surface area contributed by atoms with Crippen LogP contribution in [-0.4, -0.2) is 45.2 Å². The van der Waals surface area contributed by atoms with E-state index in [0.717, 1.165) is 38.3 Å². The molecule has 0 aliphatic carbocycles. The number of piperidine rings is 1. The van der Waals surface area contributed by atoms with Crippen LogP contribution in [0.2, 0.25) is 0 Å². The highest BCUT2D eigenvalue weighted by Crippen LogP contribution is 2.31. The van der Waals surface area contributed by atoms with Crippen molar-refractivity contribution in [3.63, 3.8) is 0 Å². The van der Waals surface area contributed by atoms with Crippen molar-refractivity contribution in [2.75, 3.05) is 19.6 Å². The predicted octanol–water partition coefficient (Wildman–Crippen LogP) is 2.70. The molecule has 0 bridgehead atoms. The number of hydrogen-bond acceptors (Lipinski definition) is 3. The van der Waals surface area contributed by atoms with Gasteiger partial charge in [0.25, 0.3) is 0 Å². The Hall–Kier alpha value is -2.14. The first-order chi connectivity index (χ1) is 11.6. The molecule has 1 saturated heterocycles. The lowest BCUT2D eigenvalue weighted by atomic mass is 9.86. The lowest BCUT2D eigenvalue weighted by molar-refractivity contribution is -0.150. The van der Waals surface area contributed by atoms with Crippen molar-refractivity contribution in [1.82, 2.24) is 14.5 Å². The Morgan fingerprint density at radius 3 is 2.54 bits per heavy atom. The Balaban J connectivity index is 1.56. The largest absolute Gasteiger partial charge is 0.479 e. The van der Waals surface area contributed by atoms with E-state index in [0.29, 0.717) is 12.8 Å². The first kappa shape index (κ1) is 16.7. The number of benzene rings is 1. The van der Waals surface area contributed by atoms with E-state index < -0.39 is 11.5 Å². The lowest BCUT2D eigenvalue weighted by Gasteiger charge is -2.40. The zero-order valence-electron chi connectivity index (χ0n) is 14.2. The van der Waals surface area contributed by atoms with Crippen LogP contribution < -0.4 is 0 Å². The van der Waals surface area contributed by atoms with Gasteiger partial charge in [0.05, 0.1) is 0 Å². The van der Waals surface area contributed by atoms with Crippen LogP contribution in [0.25, 0.3) is 0 Å². The molecular formula is C19H25N3O2. The van der Waals surface area contributed by atoms with E-state index >= 15 is 0 Å². The van der Waals surface area contributed by atoms with Gasteiger partial charge in [-0.05, 0) is 44.7 Å². The van der Waals surface area contributed by atoms with Crippen molar-refractivity contribution in [3.8, 4) is 0 Å². The number of hydrogen-bond donors (Lipinski definition) is 1. The van der Waals surface area contributed by atoms with E-state index in [4.69, 9.17) is 0 Å².